The van der Waals surface area contributed by atoms with Crippen molar-refractivity contribution in [1.82, 2.24) is 10.1 Å². The van der Waals surface area contributed by atoms with E-state index in [-0.39, 0.29) is 18.3 Å². The van der Waals surface area contributed by atoms with Gasteiger partial charge in [0, 0.05) is 37.8 Å². The molecule has 0 bridgehead atoms. The third-order valence-electron chi connectivity index (χ3n) is 4.08. The van der Waals surface area contributed by atoms with Crippen molar-refractivity contribution < 1.29 is 12.9 Å². The van der Waals surface area contributed by atoms with Crippen LogP contribution in [0.2, 0.25) is 0 Å². The first-order valence-corrected chi connectivity index (χ1v) is 9.35. The lowest BCUT2D eigenvalue weighted by Crippen LogP contribution is -2.50. The summed E-state index contributed by atoms with van der Waals surface area (Å²) in [4.78, 5) is 2.36. The van der Waals surface area contributed by atoms with Crippen LogP contribution in [0.25, 0.3) is 0 Å². The first kappa shape index (κ1) is 17.2. The maximum absolute atomic E-state index is 12.6. The number of nitrogens with two attached hydrogens (primary N) is 1. The Kier molecular flexibility index (Phi) is 5.46. The highest BCUT2D eigenvalue weighted by Crippen LogP contribution is 2.27. The number of nitrogens with zero attached hydrogens (tertiary/aromatic N) is 3. The average molecular weight is 330 g/mol. The van der Waals surface area contributed by atoms with E-state index < -0.39 is 10.0 Å². The number of rotatable bonds is 6. The molecule has 1 saturated heterocycles. The molecule has 1 fully saturated rings. The van der Waals surface area contributed by atoms with E-state index in [1.165, 1.54) is 4.31 Å². The number of hydrogen-bond acceptors (Lipinski definition) is 6. The SMILES string of the molecule is Cc1cc(N(C2CCN(C(C)C)CC2)S(=O)(=O)CCN)no1. The Hall–Kier alpha value is -1.12. The lowest BCUT2D eigenvalue weighted by atomic mass is 10.0. The quantitative estimate of drug-likeness (QED) is 0.835. The fourth-order valence-corrected chi connectivity index (χ4v) is 4.43. The minimum atomic E-state index is -3.48. The summed E-state index contributed by atoms with van der Waals surface area (Å²) in [6, 6.07) is 2.06. The highest BCUT2D eigenvalue weighted by molar-refractivity contribution is 7.92. The lowest BCUT2D eigenvalue weighted by molar-refractivity contribution is 0.173. The van der Waals surface area contributed by atoms with Gasteiger partial charge in [-0.3, -0.25) is 0 Å². The minimum absolute atomic E-state index is 0.0801. The Bertz CT molecular complexity index is 577. The molecular weight excluding hydrogens is 304 g/mol. The number of anilines is 1. The van der Waals surface area contributed by atoms with Gasteiger partial charge < -0.3 is 15.2 Å². The first-order chi connectivity index (χ1) is 10.3. The van der Waals surface area contributed by atoms with Crippen molar-refractivity contribution in [2.24, 2.45) is 5.73 Å². The highest BCUT2D eigenvalue weighted by atomic mass is 32.2. The molecule has 1 aliphatic heterocycles. The topological polar surface area (TPSA) is 92.7 Å². The van der Waals surface area contributed by atoms with E-state index in [4.69, 9.17) is 10.3 Å². The van der Waals surface area contributed by atoms with E-state index in [2.05, 4.69) is 23.9 Å². The van der Waals surface area contributed by atoms with Crippen molar-refractivity contribution >= 4 is 15.8 Å². The Morgan fingerprint density at radius 3 is 2.55 bits per heavy atom. The zero-order valence-electron chi connectivity index (χ0n) is 13.5. The summed E-state index contributed by atoms with van der Waals surface area (Å²) in [6.45, 7) is 7.93. The highest BCUT2D eigenvalue weighted by Gasteiger charge is 2.34. The van der Waals surface area contributed by atoms with Gasteiger partial charge in [0.15, 0.2) is 5.82 Å². The van der Waals surface area contributed by atoms with Crippen LogP contribution in [0.5, 0.6) is 0 Å². The zero-order valence-corrected chi connectivity index (χ0v) is 14.3. The fraction of sp³-hybridized carbons (Fsp3) is 0.786. The summed E-state index contributed by atoms with van der Waals surface area (Å²) < 4.78 is 31.7. The van der Waals surface area contributed by atoms with Gasteiger partial charge >= 0.3 is 0 Å². The molecule has 0 aromatic carbocycles. The van der Waals surface area contributed by atoms with Crippen LogP contribution in [-0.2, 0) is 10.0 Å². The molecule has 8 heteroatoms. The predicted octanol–water partition coefficient (Wildman–Crippen LogP) is 0.951. The number of aromatic nitrogens is 1. The molecule has 0 unspecified atom stereocenters. The summed E-state index contributed by atoms with van der Waals surface area (Å²) in [5.74, 6) is 0.889. The number of piperidine rings is 1. The standard InChI is InChI=1S/C14H26N4O3S/c1-11(2)17-7-4-13(5-8-17)18(22(19,20)9-6-15)14-10-12(3)21-16-14/h10-11,13H,4-9,15H2,1-3H3. The Labute approximate surface area is 132 Å². The molecule has 0 saturated carbocycles. The smallest absolute Gasteiger partial charge is 0.237 e. The van der Waals surface area contributed by atoms with Crippen LogP contribution >= 0.6 is 0 Å². The van der Waals surface area contributed by atoms with Crippen LogP contribution in [0.3, 0.4) is 0 Å². The van der Waals surface area contributed by atoms with E-state index in [0.29, 0.717) is 17.6 Å². The van der Waals surface area contributed by atoms with Gasteiger partial charge in [-0.05, 0) is 33.6 Å². The van der Waals surface area contributed by atoms with Crippen LogP contribution in [-0.4, -0.2) is 55.9 Å². The molecule has 7 nitrogen and oxygen atoms in total. The van der Waals surface area contributed by atoms with Crippen molar-refractivity contribution in [3.8, 4) is 0 Å². The summed E-state index contributed by atoms with van der Waals surface area (Å²) in [5, 5.41) is 3.91. The van der Waals surface area contributed by atoms with Gasteiger partial charge in [-0.25, -0.2) is 12.7 Å². The third-order valence-corrected chi connectivity index (χ3v) is 5.91. The van der Waals surface area contributed by atoms with E-state index >= 15 is 0 Å². The lowest BCUT2D eigenvalue weighted by Gasteiger charge is -2.39. The van der Waals surface area contributed by atoms with Crippen LogP contribution in [0.1, 0.15) is 32.4 Å². The second-order valence-corrected chi connectivity index (χ2v) is 8.02. The van der Waals surface area contributed by atoms with E-state index in [9.17, 15) is 8.42 Å². The van der Waals surface area contributed by atoms with Crippen molar-refractivity contribution in [2.75, 3.05) is 29.7 Å². The largest absolute Gasteiger partial charge is 0.360 e. The van der Waals surface area contributed by atoms with Crippen LogP contribution in [0, 0.1) is 6.92 Å². The first-order valence-electron chi connectivity index (χ1n) is 7.74. The molecule has 0 atom stereocenters. The number of hydrogen-bond donors (Lipinski definition) is 1. The molecular formula is C14H26N4O3S. The van der Waals surface area contributed by atoms with E-state index in [1.807, 2.05) is 0 Å². The second-order valence-electron chi connectivity index (χ2n) is 6.06. The third kappa shape index (κ3) is 3.80. The Morgan fingerprint density at radius 2 is 2.09 bits per heavy atom. The number of sulfonamides is 1. The summed E-state index contributed by atoms with van der Waals surface area (Å²) >= 11 is 0. The molecule has 0 aliphatic carbocycles. The molecule has 0 spiro atoms. The van der Waals surface area contributed by atoms with Crippen molar-refractivity contribution in [3.05, 3.63) is 11.8 Å². The fourth-order valence-electron chi connectivity index (χ4n) is 2.90. The van der Waals surface area contributed by atoms with Gasteiger partial charge in [-0.2, -0.15) is 0 Å². The van der Waals surface area contributed by atoms with E-state index in [0.717, 1.165) is 25.9 Å². The second kappa shape index (κ2) is 6.97. The van der Waals surface area contributed by atoms with Gasteiger partial charge in [-0.1, -0.05) is 5.16 Å². The van der Waals surface area contributed by atoms with Crippen molar-refractivity contribution in [3.63, 3.8) is 0 Å². The van der Waals surface area contributed by atoms with Crippen LogP contribution < -0.4 is 10.0 Å². The van der Waals surface area contributed by atoms with Gasteiger partial charge in [0.1, 0.15) is 5.76 Å². The summed E-state index contributed by atoms with van der Waals surface area (Å²) in [5.41, 5.74) is 5.47. The maximum atomic E-state index is 12.6. The molecule has 1 aliphatic rings. The Morgan fingerprint density at radius 1 is 1.45 bits per heavy atom. The molecule has 1 aromatic heterocycles. The molecule has 0 radical (unpaired) electrons. The maximum Gasteiger partial charge on any atom is 0.237 e. The van der Waals surface area contributed by atoms with Crippen molar-refractivity contribution in [2.45, 2.75) is 45.7 Å². The van der Waals surface area contributed by atoms with Gasteiger partial charge in [0.05, 0.1) is 5.75 Å². The summed E-state index contributed by atoms with van der Waals surface area (Å²) in [7, 11) is -3.48. The molecule has 1 aromatic rings. The van der Waals surface area contributed by atoms with Crippen LogP contribution in [0.4, 0.5) is 5.82 Å². The van der Waals surface area contributed by atoms with Crippen molar-refractivity contribution in [1.29, 1.82) is 0 Å². The minimum Gasteiger partial charge on any atom is -0.360 e. The van der Waals surface area contributed by atoms with Gasteiger partial charge in [-0.15, -0.1) is 0 Å². The molecule has 22 heavy (non-hydrogen) atoms. The van der Waals surface area contributed by atoms with E-state index in [1.54, 1.807) is 13.0 Å². The zero-order chi connectivity index (χ0) is 16.3. The van der Waals surface area contributed by atoms with Crippen LogP contribution in [0.15, 0.2) is 10.6 Å². The number of likely N-dealkylation sites (tertiary alicyclic amines) is 1. The molecule has 126 valence electrons. The molecule has 2 N–H and O–H groups in total. The number of aryl methyl sites for hydroxylation is 1. The predicted molar refractivity (Wildman–Crippen MR) is 86.3 cm³/mol. The molecule has 2 rings (SSSR count). The monoisotopic (exact) mass is 330 g/mol. The van der Waals surface area contributed by atoms with Gasteiger partial charge in [0.25, 0.3) is 0 Å². The molecule has 0 amide bonds. The Balaban J connectivity index is 2.23. The summed E-state index contributed by atoms with van der Waals surface area (Å²) in [6.07, 6.45) is 1.57. The normalized spacial score (nSPS) is 18.0. The van der Waals surface area contributed by atoms with Gasteiger partial charge in [0.2, 0.25) is 10.0 Å². The average Bonchev–Trinajstić information content (AvgIpc) is 2.85. The molecule has 2 heterocycles.